The number of nitrogens with zero attached hydrogens (tertiary/aromatic N) is 1. The van der Waals surface area contributed by atoms with Crippen LogP contribution in [0.2, 0.25) is 0 Å². The maximum absolute atomic E-state index is 5.77. The molecular formula is C15H20N2OS. The third kappa shape index (κ3) is 2.73. The molecule has 1 atom stereocenters. The lowest BCUT2D eigenvalue weighted by Crippen LogP contribution is -2.03. The van der Waals surface area contributed by atoms with Gasteiger partial charge in [-0.2, -0.15) is 0 Å². The number of hydrogen-bond acceptors (Lipinski definition) is 2. The van der Waals surface area contributed by atoms with E-state index in [2.05, 4.69) is 36.0 Å². The first kappa shape index (κ1) is 13.9. The molecular weight excluding hydrogens is 256 g/mol. The molecule has 0 aliphatic heterocycles. The van der Waals surface area contributed by atoms with Gasteiger partial charge in [0.05, 0.1) is 12.1 Å². The molecule has 0 aliphatic carbocycles. The van der Waals surface area contributed by atoms with Gasteiger partial charge in [0.2, 0.25) is 0 Å². The van der Waals surface area contributed by atoms with E-state index in [4.69, 9.17) is 17.0 Å². The summed E-state index contributed by atoms with van der Waals surface area (Å²) in [5, 5.41) is 0. The van der Waals surface area contributed by atoms with Gasteiger partial charge in [0.15, 0.2) is 4.77 Å². The Bertz CT molecular complexity index is 627. The lowest BCUT2D eigenvalue weighted by molar-refractivity contribution is 0.320. The molecule has 0 bridgehead atoms. The van der Waals surface area contributed by atoms with E-state index in [0.717, 1.165) is 34.4 Å². The molecule has 0 saturated heterocycles. The van der Waals surface area contributed by atoms with Gasteiger partial charge in [-0.15, -0.1) is 6.58 Å². The number of H-pyrrole nitrogens is 1. The second kappa shape index (κ2) is 6.06. The minimum absolute atomic E-state index is 0.292. The first-order valence-electron chi connectivity index (χ1n) is 6.66. The predicted molar refractivity (Wildman–Crippen MR) is 82.4 cm³/mol. The number of aromatic amines is 1. The van der Waals surface area contributed by atoms with Crippen molar-refractivity contribution in [2.75, 3.05) is 6.61 Å². The number of aromatic nitrogens is 2. The number of allylic oxidation sites excluding steroid dienone is 1. The van der Waals surface area contributed by atoms with E-state index in [1.165, 1.54) is 0 Å². The van der Waals surface area contributed by atoms with Crippen molar-refractivity contribution in [1.82, 2.24) is 9.55 Å². The van der Waals surface area contributed by atoms with Crippen molar-refractivity contribution in [1.29, 1.82) is 0 Å². The van der Waals surface area contributed by atoms with Gasteiger partial charge in [-0.1, -0.05) is 19.1 Å². The predicted octanol–water partition coefficient (Wildman–Crippen LogP) is 4.62. The van der Waals surface area contributed by atoms with E-state index in [0.29, 0.717) is 12.6 Å². The zero-order valence-corrected chi connectivity index (χ0v) is 12.3. The highest BCUT2D eigenvalue weighted by molar-refractivity contribution is 7.71. The van der Waals surface area contributed by atoms with Crippen LogP contribution in [0, 0.1) is 4.77 Å². The fourth-order valence-corrected chi connectivity index (χ4v) is 2.62. The molecule has 2 rings (SSSR count). The van der Waals surface area contributed by atoms with E-state index in [1.54, 1.807) is 0 Å². The van der Waals surface area contributed by atoms with Crippen molar-refractivity contribution in [2.24, 2.45) is 0 Å². The second-order valence-corrected chi connectivity index (χ2v) is 5.06. The van der Waals surface area contributed by atoms with Gasteiger partial charge < -0.3 is 14.3 Å². The van der Waals surface area contributed by atoms with Crippen LogP contribution >= 0.6 is 12.2 Å². The Balaban J connectivity index is 2.52. The normalized spacial score (nSPS) is 12.5. The summed E-state index contributed by atoms with van der Waals surface area (Å²) in [6.07, 6.45) is 3.80. The summed E-state index contributed by atoms with van der Waals surface area (Å²) in [6.45, 7) is 8.75. The zero-order valence-electron chi connectivity index (χ0n) is 11.5. The molecule has 1 unspecified atom stereocenters. The Kier molecular flexibility index (Phi) is 4.43. The lowest BCUT2D eigenvalue weighted by Gasteiger charge is -2.12. The molecule has 0 fully saturated rings. The topological polar surface area (TPSA) is 29.9 Å². The molecule has 102 valence electrons. The van der Waals surface area contributed by atoms with Gasteiger partial charge in [0.25, 0.3) is 0 Å². The fourth-order valence-electron chi connectivity index (χ4n) is 2.24. The van der Waals surface area contributed by atoms with Gasteiger partial charge in [-0.05, 0) is 44.1 Å². The van der Waals surface area contributed by atoms with Crippen LogP contribution in [0.5, 0.6) is 5.75 Å². The molecule has 0 amide bonds. The van der Waals surface area contributed by atoms with Crippen molar-refractivity contribution in [3.63, 3.8) is 0 Å². The number of nitrogens with one attached hydrogen (secondary N) is 1. The van der Waals surface area contributed by atoms with Crippen molar-refractivity contribution < 1.29 is 4.74 Å². The zero-order chi connectivity index (χ0) is 13.8. The number of ether oxygens (including phenoxy) is 1. The van der Waals surface area contributed by atoms with Crippen LogP contribution in [0.25, 0.3) is 11.0 Å². The average molecular weight is 276 g/mol. The molecule has 1 aromatic carbocycles. The van der Waals surface area contributed by atoms with Gasteiger partial charge in [-0.3, -0.25) is 0 Å². The van der Waals surface area contributed by atoms with Gasteiger partial charge in [-0.25, -0.2) is 0 Å². The third-order valence-corrected chi connectivity index (χ3v) is 3.42. The van der Waals surface area contributed by atoms with E-state index in [1.807, 2.05) is 18.2 Å². The van der Waals surface area contributed by atoms with E-state index in [9.17, 15) is 0 Å². The van der Waals surface area contributed by atoms with Gasteiger partial charge >= 0.3 is 0 Å². The highest BCUT2D eigenvalue weighted by Gasteiger charge is 2.12. The maximum Gasteiger partial charge on any atom is 0.178 e. The highest BCUT2D eigenvalue weighted by atomic mass is 32.1. The summed E-state index contributed by atoms with van der Waals surface area (Å²) in [6, 6.07) is 6.35. The summed E-state index contributed by atoms with van der Waals surface area (Å²) in [5.74, 6) is 0.870. The summed E-state index contributed by atoms with van der Waals surface area (Å²) < 4.78 is 8.63. The molecule has 1 heterocycles. The van der Waals surface area contributed by atoms with Crippen LogP contribution in [0.4, 0.5) is 0 Å². The van der Waals surface area contributed by atoms with Crippen molar-refractivity contribution in [2.45, 2.75) is 32.7 Å². The highest BCUT2D eigenvalue weighted by Crippen LogP contribution is 2.28. The molecule has 0 radical (unpaired) electrons. The summed E-state index contributed by atoms with van der Waals surface area (Å²) >= 11 is 5.43. The van der Waals surface area contributed by atoms with E-state index >= 15 is 0 Å². The fraction of sp³-hybridized carbons (Fsp3) is 0.400. The number of hydrogen-bond donors (Lipinski definition) is 1. The Morgan fingerprint density at radius 2 is 2.32 bits per heavy atom. The summed E-state index contributed by atoms with van der Waals surface area (Å²) in [5.41, 5.74) is 2.07. The number of fused-ring (bicyclic) bond motifs is 1. The van der Waals surface area contributed by atoms with Crippen molar-refractivity contribution in [3.05, 3.63) is 35.6 Å². The molecule has 0 aliphatic rings. The summed E-state index contributed by atoms with van der Waals surface area (Å²) in [7, 11) is 0. The second-order valence-electron chi connectivity index (χ2n) is 4.67. The molecule has 0 saturated carbocycles. The SMILES string of the molecule is C=CCC(C)n1c(=S)[nH]c2c(OCCC)cccc21. The van der Waals surface area contributed by atoms with Gasteiger partial charge in [0, 0.05) is 6.04 Å². The van der Waals surface area contributed by atoms with Crippen molar-refractivity contribution in [3.8, 4) is 5.75 Å². The van der Waals surface area contributed by atoms with Crippen LogP contribution in [-0.4, -0.2) is 16.2 Å². The number of para-hydroxylation sites is 1. The minimum Gasteiger partial charge on any atom is -0.491 e. The Morgan fingerprint density at radius 1 is 1.53 bits per heavy atom. The van der Waals surface area contributed by atoms with Crippen LogP contribution < -0.4 is 4.74 Å². The first-order valence-corrected chi connectivity index (χ1v) is 7.06. The average Bonchev–Trinajstić information content (AvgIpc) is 2.73. The molecule has 3 nitrogen and oxygen atoms in total. The smallest absolute Gasteiger partial charge is 0.178 e. The number of benzene rings is 1. The Labute approximate surface area is 118 Å². The largest absolute Gasteiger partial charge is 0.491 e. The molecule has 2 aromatic rings. The first-order chi connectivity index (χ1) is 9.19. The van der Waals surface area contributed by atoms with Crippen LogP contribution in [0.3, 0.4) is 0 Å². The number of imidazole rings is 1. The number of rotatable bonds is 6. The Morgan fingerprint density at radius 3 is 3.00 bits per heavy atom. The van der Waals surface area contributed by atoms with Crippen molar-refractivity contribution >= 4 is 23.3 Å². The Hall–Kier alpha value is -1.55. The van der Waals surface area contributed by atoms with Crippen LogP contribution in [-0.2, 0) is 0 Å². The standard InChI is InChI=1S/C15H20N2OS/c1-4-7-11(3)17-12-8-6-9-13(18-10-5-2)14(12)16-15(17)19/h4,6,8-9,11H,1,5,7,10H2,2-3H3,(H,16,19). The lowest BCUT2D eigenvalue weighted by atomic mass is 10.2. The molecule has 1 N–H and O–H groups in total. The summed E-state index contributed by atoms with van der Waals surface area (Å²) in [4.78, 5) is 3.26. The van der Waals surface area contributed by atoms with Crippen LogP contribution in [0.15, 0.2) is 30.9 Å². The van der Waals surface area contributed by atoms with Gasteiger partial charge in [0.1, 0.15) is 11.3 Å². The third-order valence-electron chi connectivity index (χ3n) is 3.12. The van der Waals surface area contributed by atoms with E-state index < -0.39 is 0 Å². The minimum atomic E-state index is 0.292. The quantitative estimate of drug-likeness (QED) is 0.616. The molecule has 4 heteroatoms. The maximum atomic E-state index is 5.77. The monoisotopic (exact) mass is 276 g/mol. The van der Waals surface area contributed by atoms with E-state index in [-0.39, 0.29) is 0 Å². The van der Waals surface area contributed by atoms with Crippen LogP contribution in [0.1, 0.15) is 32.7 Å². The molecule has 1 aromatic heterocycles. The molecule has 0 spiro atoms. The molecule has 19 heavy (non-hydrogen) atoms.